The van der Waals surface area contributed by atoms with E-state index in [1.54, 1.807) is 30.5 Å². The normalized spacial score (nSPS) is 16.9. The topological polar surface area (TPSA) is 83.1 Å². The SMILES string of the molecule is O=C(N=Nc1c(O)n(CN2CCCC[C@H]2c2cccnc2)c2ccccc12)c1ccc(Cl)cc1. The second kappa shape index (κ2) is 9.75. The van der Waals surface area contributed by atoms with Gasteiger partial charge in [0.15, 0.2) is 5.69 Å². The average molecular weight is 474 g/mol. The Morgan fingerprint density at radius 2 is 1.91 bits per heavy atom. The number of fused-ring (bicyclic) bond motifs is 1. The molecule has 0 radical (unpaired) electrons. The minimum atomic E-state index is -0.499. The van der Waals surface area contributed by atoms with Gasteiger partial charge in [0, 0.05) is 41.0 Å². The molecule has 2 aromatic carbocycles. The second-order valence-electron chi connectivity index (χ2n) is 8.38. The molecule has 172 valence electrons. The molecule has 0 unspecified atom stereocenters. The number of azo groups is 1. The van der Waals surface area contributed by atoms with E-state index in [9.17, 15) is 9.90 Å². The summed E-state index contributed by atoms with van der Waals surface area (Å²) < 4.78 is 1.84. The number of nitrogens with zero attached hydrogens (tertiary/aromatic N) is 5. The number of carbonyl (C=O) groups excluding carboxylic acids is 1. The fraction of sp³-hybridized carbons (Fsp3) is 0.231. The Labute approximate surface area is 202 Å². The van der Waals surface area contributed by atoms with Crippen LogP contribution in [0.25, 0.3) is 10.9 Å². The average Bonchev–Trinajstić information content (AvgIpc) is 3.14. The number of benzene rings is 2. The number of hydrogen-bond acceptors (Lipinski definition) is 5. The van der Waals surface area contributed by atoms with Crippen molar-refractivity contribution < 1.29 is 9.90 Å². The maximum atomic E-state index is 12.5. The van der Waals surface area contributed by atoms with Gasteiger partial charge in [0.1, 0.15) is 0 Å². The van der Waals surface area contributed by atoms with Gasteiger partial charge in [-0.15, -0.1) is 10.2 Å². The molecule has 1 atom stereocenters. The molecule has 34 heavy (non-hydrogen) atoms. The molecule has 0 saturated carbocycles. The van der Waals surface area contributed by atoms with Crippen molar-refractivity contribution in [1.29, 1.82) is 0 Å². The fourth-order valence-electron chi connectivity index (χ4n) is 4.55. The van der Waals surface area contributed by atoms with Crippen molar-refractivity contribution in [3.8, 4) is 5.88 Å². The molecule has 1 amide bonds. The first-order valence-electron chi connectivity index (χ1n) is 11.3. The van der Waals surface area contributed by atoms with Crippen LogP contribution in [-0.2, 0) is 6.67 Å². The predicted molar refractivity (Wildman–Crippen MR) is 131 cm³/mol. The number of likely N-dealkylation sites (tertiary alicyclic amines) is 1. The van der Waals surface area contributed by atoms with Gasteiger partial charge < -0.3 is 5.11 Å². The Hall–Kier alpha value is -3.55. The summed E-state index contributed by atoms with van der Waals surface area (Å²) in [5.41, 5.74) is 2.67. The number of piperidine rings is 1. The molecule has 1 fully saturated rings. The Balaban J connectivity index is 1.47. The molecule has 0 bridgehead atoms. The minimum Gasteiger partial charge on any atom is -0.493 e. The number of carbonyl (C=O) groups is 1. The molecule has 5 rings (SSSR count). The van der Waals surface area contributed by atoms with Gasteiger partial charge in [0.25, 0.3) is 5.91 Å². The summed E-state index contributed by atoms with van der Waals surface area (Å²) in [5, 5.41) is 20.5. The molecule has 1 N–H and O–H groups in total. The zero-order valence-corrected chi connectivity index (χ0v) is 19.3. The van der Waals surface area contributed by atoms with E-state index in [2.05, 4.69) is 26.2 Å². The molecular formula is C26H24ClN5O2. The highest BCUT2D eigenvalue weighted by molar-refractivity contribution is 6.30. The maximum Gasteiger partial charge on any atom is 0.295 e. The molecule has 1 aliphatic rings. The number of amides is 1. The monoisotopic (exact) mass is 473 g/mol. The van der Waals surface area contributed by atoms with Crippen molar-refractivity contribution in [2.45, 2.75) is 32.0 Å². The number of aromatic hydroxyl groups is 1. The van der Waals surface area contributed by atoms with Crippen molar-refractivity contribution >= 4 is 34.1 Å². The molecular weight excluding hydrogens is 450 g/mol. The van der Waals surface area contributed by atoms with Crippen molar-refractivity contribution in [1.82, 2.24) is 14.5 Å². The van der Waals surface area contributed by atoms with Crippen LogP contribution in [0.1, 0.15) is 41.2 Å². The number of rotatable bonds is 5. The highest BCUT2D eigenvalue weighted by Gasteiger charge is 2.26. The highest BCUT2D eigenvalue weighted by atomic mass is 35.5. The van der Waals surface area contributed by atoms with E-state index >= 15 is 0 Å². The quantitative estimate of drug-likeness (QED) is 0.335. The van der Waals surface area contributed by atoms with Crippen LogP contribution in [0, 0.1) is 0 Å². The van der Waals surface area contributed by atoms with E-state index in [4.69, 9.17) is 11.6 Å². The summed E-state index contributed by atoms with van der Waals surface area (Å²) >= 11 is 5.90. The Morgan fingerprint density at radius 1 is 1.09 bits per heavy atom. The highest BCUT2D eigenvalue weighted by Crippen LogP contribution is 2.40. The van der Waals surface area contributed by atoms with Crippen LogP contribution in [0.2, 0.25) is 5.02 Å². The van der Waals surface area contributed by atoms with Gasteiger partial charge in [0.2, 0.25) is 5.88 Å². The molecule has 1 saturated heterocycles. The summed E-state index contributed by atoms with van der Waals surface area (Å²) in [4.78, 5) is 19.1. The molecule has 2 aromatic heterocycles. The van der Waals surface area contributed by atoms with Gasteiger partial charge in [-0.2, -0.15) is 0 Å². The lowest BCUT2D eigenvalue weighted by Crippen LogP contribution is -2.34. The third-order valence-electron chi connectivity index (χ3n) is 6.26. The van der Waals surface area contributed by atoms with Gasteiger partial charge in [-0.1, -0.05) is 42.3 Å². The summed E-state index contributed by atoms with van der Waals surface area (Å²) in [7, 11) is 0. The Kier molecular flexibility index (Phi) is 6.38. The standard InChI is InChI=1S/C26H24ClN5O2/c27-20-12-10-18(11-13-20)25(33)30-29-24-21-7-1-2-9-23(21)32(26(24)34)17-31-15-4-3-8-22(31)19-6-5-14-28-16-19/h1-2,5-7,9-14,16,22,34H,3-4,8,15,17H2/t22-/m0/s1. The van der Waals surface area contributed by atoms with Crippen LogP contribution < -0.4 is 0 Å². The van der Waals surface area contributed by atoms with Crippen LogP contribution in [0.5, 0.6) is 5.88 Å². The van der Waals surface area contributed by atoms with Gasteiger partial charge in [0.05, 0.1) is 12.2 Å². The van der Waals surface area contributed by atoms with Crippen molar-refractivity contribution in [3.05, 3.63) is 89.2 Å². The Bertz CT molecular complexity index is 1330. The van der Waals surface area contributed by atoms with Gasteiger partial charge in [-0.3, -0.25) is 19.2 Å². The summed E-state index contributed by atoms with van der Waals surface area (Å²) in [6.45, 7) is 1.41. The maximum absolute atomic E-state index is 12.5. The van der Waals surface area contributed by atoms with E-state index in [0.717, 1.165) is 36.7 Å². The van der Waals surface area contributed by atoms with E-state index in [-0.39, 0.29) is 17.6 Å². The first-order valence-corrected chi connectivity index (χ1v) is 11.7. The third kappa shape index (κ3) is 4.44. The fourth-order valence-corrected chi connectivity index (χ4v) is 4.68. The zero-order valence-electron chi connectivity index (χ0n) is 18.5. The lowest BCUT2D eigenvalue weighted by atomic mass is 9.97. The van der Waals surface area contributed by atoms with Gasteiger partial charge in [-0.05, 0) is 54.8 Å². The summed E-state index contributed by atoms with van der Waals surface area (Å²) in [6, 6.07) is 18.4. The molecule has 0 spiro atoms. The second-order valence-corrected chi connectivity index (χ2v) is 8.82. The summed E-state index contributed by atoms with van der Waals surface area (Å²) in [5.74, 6) is -0.509. The van der Waals surface area contributed by atoms with Crippen LogP contribution in [-0.4, -0.2) is 32.0 Å². The lowest BCUT2D eigenvalue weighted by molar-refractivity contribution is 0.0995. The molecule has 4 aromatic rings. The van der Waals surface area contributed by atoms with Crippen LogP contribution in [0.3, 0.4) is 0 Å². The van der Waals surface area contributed by atoms with Crippen LogP contribution in [0.15, 0.2) is 83.3 Å². The largest absolute Gasteiger partial charge is 0.493 e. The van der Waals surface area contributed by atoms with Gasteiger partial charge in [-0.25, -0.2) is 0 Å². The number of aromatic nitrogens is 2. The Morgan fingerprint density at radius 3 is 2.71 bits per heavy atom. The van der Waals surface area contributed by atoms with Crippen LogP contribution in [0.4, 0.5) is 5.69 Å². The smallest absolute Gasteiger partial charge is 0.295 e. The molecule has 3 heterocycles. The van der Waals surface area contributed by atoms with E-state index in [1.165, 1.54) is 5.56 Å². The first kappa shape index (κ1) is 22.3. The lowest BCUT2D eigenvalue weighted by Gasteiger charge is -2.36. The molecule has 7 nitrogen and oxygen atoms in total. The zero-order chi connectivity index (χ0) is 23.5. The predicted octanol–water partition coefficient (Wildman–Crippen LogP) is 6.50. The van der Waals surface area contributed by atoms with Gasteiger partial charge >= 0.3 is 0 Å². The van der Waals surface area contributed by atoms with Crippen molar-refractivity contribution in [2.75, 3.05) is 6.54 Å². The molecule has 1 aliphatic heterocycles. The molecule has 0 aliphatic carbocycles. The number of para-hydroxylation sites is 1. The van der Waals surface area contributed by atoms with Crippen LogP contribution >= 0.6 is 11.6 Å². The minimum absolute atomic E-state index is 0.00985. The van der Waals surface area contributed by atoms with E-state index in [0.29, 0.717) is 17.3 Å². The van der Waals surface area contributed by atoms with Crippen molar-refractivity contribution in [2.24, 2.45) is 10.2 Å². The number of pyridine rings is 1. The third-order valence-corrected chi connectivity index (χ3v) is 6.51. The van der Waals surface area contributed by atoms with E-state index in [1.807, 2.05) is 41.1 Å². The van der Waals surface area contributed by atoms with Crippen molar-refractivity contribution in [3.63, 3.8) is 0 Å². The summed E-state index contributed by atoms with van der Waals surface area (Å²) in [6.07, 6.45) is 6.98. The number of hydrogen-bond donors (Lipinski definition) is 1. The van der Waals surface area contributed by atoms with E-state index < -0.39 is 5.91 Å². The first-order chi connectivity index (χ1) is 16.6. The molecule has 8 heteroatoms. The number of halogens is 1.